The van der Waals surface area contributed by atoms with Gasteiger partial charge in [0.05, 0.1) is 5.92 Å². The molecule has 0 fully saturated rings. The smallest absolute Gasteiger partial charge is 0.247 e. The van der Waals surface area contributed by atoms with Crippen LogP contribution in [-0.2, 0) is 9.90 Å². The van der Waals surface area contributed by atoms with E-state index in [1.165, 1.54) is 19.3 Å². The Bertz CT molecular complexity index is 121. The van der Waals surface area contributed by atoms with Crippen molar-refractivity contribution < 1.29 is 9.90 Å². The Kier molecular flexibility index (Phi) is 6.82. The lowest BCUT2D eigenvalue weighted by Crippen LogP contribution is -2.07. The highest BCUT2D eigenvalue weighted by Gasteiger charge is 2.11. The Morgan fingerprint density at radius 3 is 2.25 bits per heavy atom. The minimum Gasteiger partial charge on any atom is -0.247 e. The molecule has 0 rings (SSSR count). The summed E-state index contributed by atoms with van der Waals surface area (Å²) in [6, 6.07) is 0. The lowest BCUT2D eigenvalue weighted by molar-refractivity contribution is -0.147. The molecule has 12 heavy (non-hydrogen) atoms. The van der Waals surface area contributed by atoms with Crippen LogP contribution >= 0.6 is 0 Å². The fraction of sp³-hybridized carbons (Fsp3) is 0.900. The van der Waals surface area contributed by atoms with E-state index in [1.54, 1.807) is 6.92 Å². The number of carbonyl (C=O) groups excluding carboxylic acids is 1. The maximum atomic E-state index is 10.3. The van der Waals surface area contributed by atoms with E-state index < -0.39 is 5.97 Å². The zero-order valence-corrected chi connectivity index (χ0v) is 8.14. The standard InChI is InChI=1S/C10H19O2/c1-3-4-5-6-7-8-9(2)10(11)12/h9H,3-8H2,1-2H3. The number of unbranched alkanes of at least 4 members (excludes halogenated alkanes) is 4. The summed E-state index contributed by atoms with van der Waals surface area (Å²) < 4.78 is 0. The molecule has 0 aliphatic heterocycles. The average Bonchev–Trinajstić information content (AvgIpc) is 2.03. The fourth-order valence-electron chi connectivity index (χ4n) is 1.17. The maximum Gasteiger partial charge on any atom is 0.358 e. The molecule has 2 heteroatoms. The summed E-state index contributed by atoms with van der Waals surface area (Å²) in [6.45, 7) is 3.89. The van der Waals surface area contributed by atoms with Crippen LogP contribution in [0.15, 0.2) is 0 Å². The van der Waals surface area contributed by atoms with E-state index in [2.05, 4.69) is 6.92 Å². The van der Waals surface area contributed by atoms with Gasteiger partial charge >= 0.3 is 5.97 Å². The van der Waals surface area contributed by atoms with E-state index in [4.69, 9.17) is 0 Å². The summed E-state index contributed by atoms with van der Waals surface area (Å²) in [5.74, 6) is -1.18. The molecule has 0 N–H and O–H groups in total. The predicted octanol–water partition coefficient (Wildman–Crippen LogP) is 2.94. The molecule has 0 bridgehead atoms. The van der Waals surface area contributed by atoms with Crippen LogP contribution in [0.25, 0.3) is 0 Å². The summed E-state index contributed by atoms with van der Waals surface area (Å²) in [5.41, 5.74) is 0. The van der Waals surface area contributed by atoms with Crippen molar-refractivity contribution in [2.45, 2.75) is 52.4 Å². The van der Waals surface area contributed by atoms with Gasteiger partial charge in [0, 0.05) is 0 Å². The molecular weight excluding hydrogens is 152 g/mol. The van der Waals surface area contributed by atoms with Gasteiger partial charge in [-0.2, -0.15) is 0 Å². The fourth-order valence-corrected chi connectivity index (χ4v) is 1.17. The summed E-state index contributed by atoms with van der Waals surface area (Å²) in [4.78, 5) is 10.3. The summed E-state index contributed by atoms with van der Waals surface area (Å²) >= 11 is 0. The van der Waals surface area contributed by atoms with Gasteiger partial charge in [-0.1, -0.05) is 46.0 Å². The van der Waals surface area contributed by atoms with Crippen LogP contribution in [0.1, 0.15) is 52.4 Å². The van der Waals surface area contributed by atoms with E-state index in [1.807, 2.05) is 0 Å². The third kappa shape index (κ3) is 6.20. The highest BCUT2D eigenvalue weighted by atomic mass is 16.4. The Hall–Kier alpha value is -0.530. The number of hydrogen-bond acceptors (Lipinski definition) is 1. The van der Waals surface area contributed by atoms with Gasteiger partial charge in [0.1, 0.15) is 0 Å². The van der Waals surface area contributed by atoms with Crippen molar-refractivity contribution in [3.05, 3.63) is 0 Å². The highest BCUT2D eigenvalue weighted by molar-refractivity contribution is 5.68. The molecule has 71 valence electrons. The lowest BCUT2D eigenvalue weighted by Gasteiger charge is -2.03. The Labute approximate surface area is 75.0 Å². The second-order valence-electron chi connectivity index (χ2n) is 3.42. The number of carbonyl (C=O) groups is 1. The van der Waals surface area contributed by atoms with Gasteiger partial charge in [0.15, 0.2) is 0 Å². The summed E-state index contributed by atoms with van der Waals surface area (Å²) in [7, 11) is 0. The molecule has 1 unspecified atom stereocenters. The van der Waals surface area contributed by atoms with Crippen molar-refractivity contribution >= 4 is 5.97 Å². The van der Waals surface area contributed by atoms with Crippen LogP contribution in [0, 0.1) is 5.92 Å². The van der Waals surface area contributed by atoms with Crippen molar-refractivity contribution in [1.29, 1.82) is 0 Å². The Morgan fingerprint density at radius 1 is 1.17 bits per heavy atom. The van der Waals surface area contributed by atoms with Crippen molar-refractivity contribution in [3.63, 3.8) is 0 Å². The molecule has 0 heterocycles. The molecule has 2 nitrogen and oxygen atoms in total. The maximum absolute atomic E-state index is 10.3. The third-order valence-electron chi connectivity index (χ3n) is 2.14. The summed E-state index contributed by atoms with van der Waals surface area (Å²) in [5, 5.41) is 10.3. The minimum atomic E-state index is -0.912. The molecule has 1 radical (unpaired) electrons. The Balaban J connectivity index is 3.14. The van der Waals surface area contributed by atoms with Gasteiger partial charge in [-0.3, -0.25) is 0 Å². The van der Waals surface area contributed by atoms with Crippen molar-refractivity contribution in [1.82, 2.24) is 0 Å². The van der Waals surface area contributed by atoms with Gasteiger partial charge in [0.25, 0.3) is 0 Å². The first-order valence-electron chi connectivity index (χ1n) is 4.89. The Morgan fingerprint density at radius 2 is 1.75 bits per heavy atom. The topological polar surface area (TPSA) is 37.0 Å². The van der Waals surface area contributed by atoms with Gasteiger partial charge < -0.3 is 0 Å². The summed E-state index contributed by atoms with van der Waals surface area (Å²) in [6.07, 6.45) is 6.68. The van der Waals surface area contributed by atoms with Gasteiger partial charge in [0.2, 0.25) is 0 Å². The average molecular weight is 171 g/mol. The van der Waals surface area contributed by atoms with Gasteiger partial charge in [-0.25, -0.2) is 9.90 Å². The second-order valence-corrected chi connectivity index (χ2v) is 3.42. The minimum absolute atomic E-state index is 0.272. The molecule has 0 saturated heterocycles. The zero-order valence-electron chi connectivity index (χ0n) is 8.14. The van der Waals surface area contributed by atoms with E-state index in [-0.39, 0.29) is 5.92 Å². The largest absolute Gasteiger partial charge is 0.358 e. The number of hydrogen-bond donors (Lipinski definition) is 0. The molecule has 0 spiro atoms. The highest BCUT2D eigenvalue weighted by Crippen LogP contribution is 2.11. The van der Waals surface area contributed by atoms with Crippen molar-refractivity contribution in [3.8, 4) is 0 Å². The van der Waals surface area contributed by atoms with Crippen LogP contribution in [-0.4, -0.2) is 5.97 Å². The SMILES string of the molecule is CCCCCCCC(C)C([O])=O. The first-order chi connectivity index (χ1) is 5.68. The van der Waals surface area contributed by atoms with Crippen LogP contribution in [0.5, 0.6) is 0 Å². The van der Waals surface area contributed by atoms with Gasteiger partial charge in [-0.15, -0.1) is 0 Å². The van der Waals surface area contributed by atoms with Crippen molar-refractivity contribution in [2.75, 3.05) is 0 Å². The lowest BCUT2D eigenvalue weighted by atomic mass is 10.0. The van der Waals surface area contributed by atoms with Crippen LogP contribution in [0.3, 0.4) is 0 Å². The van der Waals surface area contributed by atoms with E-state index in [0.29, 0.717) is 0 Å². The van der Waals surface area contributed by atoms with E-state index >= 15 is 0 Å². The molecule has 0 aliphatic rings. The molecule has 1 atom stereocenters. The molecule has 0 amide bonds. The van der Waals surface area contributed by atoms with Crippen LogP contribution in [0.4, 0.5) is 0 Å². The third-order valence-corrected chi connectivity index (χ3v) is 2.14. The van der Waals surface area contributed by atoms with Crippen LogP contribution in [0.2, 0.25) is 0 Å². The van der Waals surface area contributed by atoms with E-state index in [0.717, 1.165) is 19.3 Å². The van der Waals surface area contributed by atoms with Crippen LogP contribution < -0.4 is 0 Å². The molecule has 0 saturated carbocycles. The normalized spacial score (nSPS) is 12.8. The van der Waals surface area contributed by atoms with E-state index in [9.17, 15) is 9.90 Å². The molecule has 0 aliphatic carbocycles. The zero-order chi connectivity index (χ0) is 9.40. The molecule has 0 aromatic carbocycles. The first-order valence-corrected chi connectivity index (χ1v) is 4.89. The van der Waals surface area contributed by atoms with Crippen molar-refractivity contribution in [2.24, 2.45) is 5.92 Å². The molecule has 0 aromatic heterocycles. The van der Waals surface area contributed by atoms with Gasteiger partial charge in [-0.05, 0) is 6.42 Å². The quantitative estimate of drug-likeness (QED) is 0.542. The molecule has 0 aromatic rings. The second kappa shape index (κ2) is 7.14. The predicted molar refractivity (Wildman–Crippen MR) is 48.2 cm³/mol. The molecular formula is C10H19O2. The monoisotopic (exact) mass is 171 g/mol. The first kappa shape index (κ1) is 11.5. The number of rotatable bonds is 7.